The quantitative estimate of drug-likeness (QED) is 0.569. The normalized spacial score (nSPS) is 15.6. The molecule has 1 aliphatic carbocycles. The van der Waals surface area contributed by atoms with Crippen LogP contribution >= 0.6 is 7.29 Å². The van der Waals surface area contributed by atoms with Gasteiger partial charge in [-0.3, -0.25) is 4.57 Å². The van der Waals surface area contributed by atoms with Crippen LogP contribution < -0.4 is 10.6 Å². The molecule has 0 unspecified atom stereocenters. The molecule has 0 radical (unpaired) electrons. The fraction of sp³-hybridized carbons (Fsp3) is 0.208. The number of benzene rings is 3. The van der Waals surface area contributed by atoms with Crippen LogP contribution in [0.5, 0.6) is 0 Å². The lowest BCUT2D eigenvalue weighted by Crippen LogP contribution is -2.21. The van der Waals surface area contributed by atoms with Gasteiger partial charge in [-0.1, -0.05) is 60.7 Å². The molecule has 0 amide bonds. The number of fused-ring (bicyclic) bond motifs is 1. The molecule has 4 rings (SSSR count). The molecule has 0 aliphatic heterocycles. The van der Waals surface area contributed by atoms with Gasteiger partial charge in [0.1, 0.15) is 0 Å². The Hall–Kier alpha value is -2.44. The van der Waals surface area contributed by atoms with Crippen molar-refractivity contribution in [3.8, 4) is 0 Å². The Bertz CT molecular complexity index is 1020. The summed E-state index contributed by atoms with van der Waals surface area (Å²) in [6.07, 6.45) is 2.99. The third-order valence-electron chi connectivity index (χ3n) is 5.33. The van der Waals surface area contributed by atoms with Crippen LogP contribution in [0.2, 0.25) is 0 Å². The standard InChI is InChI=1S/C24H24NOP/c1-18-10-3-7-16-23(18)27(26,24-17-8-4-11-19(24)2)25-22-15-9-13-20-12-5-6-14-21(20)22/h3-8,10-12,14,16-17H,9,13,15H2,1-2H3/b25-22+. The van der Waals surface area contributed by atoms with E-state index in [0.29, 0.717) is 0 Å². The first kappa shape index (κ1) is 17.9. The van der Waals surface area contributed by atoms with Crippen molar-refractivity contribution < 1.29 is 4.57 Å². The van der Waals surface area contributed by atoms with E-state index in [1.807, 2.05) is 68.4 Å². The van der Waals surface area contributed by atoms with Crippen LogP contribution in [0.1, 0.15) is 35.1 Å². The van der Waals surface area contributed by atoms with Gasteiger partial charge < -0.3 is 0 Å². The van der Waals surface area contributed by atoms with Crippen LogP contribution in [-0.4, -0.2) is 5.71 Å². The Morgan fingerprint density at radius 3 is 1.93 bits per heavy atom. The average Bonchev–Trinajstić information content (AvgIpc) is 2.69. The summed E-state index contributed by atoms with van der Waals surface area (Å²) in [5.74, 6) is 0. The molecular weight excluding hydrogens is 349 g/mol. The number of hydrogen-bond donors (Lipinski definition) is 0. The van der Waals surface area contributed by atoms with Gasteiger partial charge in [0.15, 0.2) is 0 Å². The molecule has 0 bridgehead atoms. The second-order valence-corrected chi connectivity index (χ2v) is 9.52. The number of rotatable bonds is 3. The van der Waals surface area contributed by atoms with Gasteiger partial charge in [0, 0.05) is 10.6 Å². The summed E-state index contributed by atoms with van der Waals surface area (Å²) < 4.78 is 19.6. The molecule has 0 atom stereocenters. The van der Waals surface area contributed by atoms with Crippen LogP contribution in [-0.2, 0) is 11.0 Å². The van der Waals surface area contributed by atoms with Gasteiger partial charge >= 0.3 is 0 Å². The van der Waals surface area contributed by atoms with Crippen LogP contribution in [0.25, 0.3) is 0 Å². The van der Waals surface area contributed by atoms with E-state index < -0.39 is 7.29 Å². The van der Waals surface area contributed by atoms with Gasteiger partial charge in [0.2, 0.25) is 7.29 Å². The van der Waals surface area contributed by atoms with Gasteiger partial charge in [-0.2, -0.15) is 0 Å². The van der Waals surface area contributed by atoms with Gasteiger partial charge in [-0.05, 0) is 67.5 Å². The lowest BCUT2D eigenvalue weighted by Gasteiger charge is -2.23. The van der Waals surface area contributed by atoms with E-state index in [4.69, 9.17) is 4.76 Å². The van der Waals surface area contributed by atoms with Crippen molar-refractivity contribution in [1.29, 1.82) is 0 Å². The number of nitrogens with zero attached hydrogens (tertiary/aromatic N) is 1. The molecule has 0 N–H and O–H groups in total. The Morgan fingerprint density at radius 1 is 0.741 bits per heavy atom. The van der Waals surface area contributed by atoms with Crippen molar-refractivity contribution in [3.63, 3.8) is 0 Å². The highest BCUT2D eigenvalue weighted by atomic mass is 31.2. The highest BCUT2D eigenvalue weighted by molar-refractivity contribution is 7.77. The lowest BCUT2D eigenvalue weighted by molar-refractivity contribution is 0.588. The monoisotopic (exact) mass is 373 g/mol. The van der Waals surface area contributed by atoms with E-state index in [-0.39, 0.29) is 0 Å². The average molecular weight is 373 g/mol. The first-order valence-electron chi connectivity index (χ1n) is 9.49. The summed E-state index contributed by atoms with van der Waals surface area (Å²) in [5, 5.41) is 1.68. The summed E-state index contributed by atoms with van der Waals surface area (Å²) in [6, 6.07) is 24.3. The van der Waals surface area contributed by atoms with Crippen molar-refractivity contribution in [2.45, 2.75) is 33.1 Å². The Balaban J connectivity index is 1.98. The highest BCUT2D eigenvalue weighted by Crippen LogP contribution is 2.48. The summed E-state index contributed by atoms with van der Waals surface area (Å²) in [5.41, 5.74) is 5.50. The zero-order chi connectivity index (χ0) is 18.9. The van der Waals surface area contributed by atoms with E-state index in [1.165, 1.54) is 5.56 Å². The fourth-order valence-corrected chi connectivity index (χ4v) is 6.62. The smallest absolute Gasteiger partial charge is 0.248 e. The van der Waals surface area contributed by atoms with Crippen molar-refractivity contribution in [2.75, 3.05) is 0 Å². The molecule has 3 heteroatoms. The Labute approximate surface area is 161 Å². The van der Waals surface area contributed by atoms with Crippen molar-refractivity contribution >= 4 is 23.6 Å². The van der Waals surface area contributed by atoms with Gasteiger partial charge in [0.05, 0.1) is 5.71 Å². The largest absolute Gasteiger partial charge is 0.288 e. The Kier molecular flexibility index (Phi) is 4.85. The summed E-state index contributed by atoms with van der Waals surface area (Å²) in [7, 11) is -3.14. The SMILES string of the molecule is Cc1ccccc1P(=O)(/N=C1\CCCc2ccccc21)c1ccccc1C. The first-order chi connectivity index (χ1) is 13.1. The maximum Gasteiger partial charge on any atom is 0.248 e. The van der Waals surface area contributed by atoms with E-state index in [0.717, 1.165) is 52.3 Å². The maximum atomic E-state index is 14.5. The van der Waals surface area contributed by atoms with Crippen LogP contribution in [0.3, 0.4) is 0 Å². The Morgan fingerprint density at radius 2 is 1.30 bits per heavy atom. The molecule has 3 aromatic rings. The minimum atomic E-state index is -3.14. The molecule has 0 saturated heterocycles. The second-order valence-electron chi connectivity index (χ2n) is 7.21. The molecule has 2 nitrogen and oxygen atoms in total. The van der Waals surface area contributed by atoms with Crippen LogP contribution in [0, 0.1) is 13.8 Å². The van der Waals surface area contributed by atoms with Crippen molar-refractivity contribution in [2.24, 2.45) is 4.76 Å². The molecule has 0 aromatic heterocycles. The van der Waals surface area contributed by atoms with Gasteiger partial charge in [0.25, 0.3) is 0 Å². The van der Waals surface area contributed by atoms with E-state index >= 15 is 0 Å². The van der Waals surface area contributed by atoms with E-state index in [2.05, 4.69) is 18.2 Å². The van der Waals surface area contributed by atoms with Crippen LogP contribution in [0.4, 0.5) is 0 Å². The van der Waals surface area contributed by atoms with Crippen molar-refractivity contribution in [3.05, 3.63) is 95.1 Å². The molecule has 0 fully saturated rings. The minimum Gasteiger partial charge on any atom is -0.288 e. The molecule has 0 saturated carbocycles. The summed E-state index contributed by atoms with van der Waals surface area (Å²) in [4.78, 5) is 0. The minimum absolute atomic E-state index is 0.842. The predicted molar refractivity (Wildman–Crippen MR) is 115 cm³/mol. The summed E-state index contributed by atoms with van der Waals surface area (Å²) in [6.45, 7) is 4.05. The molecular formula is C24H24NOP. The molecule has 27 heavy (non-hydrogen) atoms. The third-order valence-corrected chi connectivity index (χ3v) is 8.17. The van der Waals surface area contributed by atoms with Gasteiger partial charge in [-0.25, -0.2) is 4.76 Å². The number of hydrogen-bond acceptors (Lipinski definition) is 1. The molecule has 1 aliphatic rings. The highest BCUT2D eigenvalue weighted by Gasteiger charge is 2.31. The summed E-state index contributed by atoms with van der Waals surface area (Å²) >= 11 is 0. The molecule has 3 aromatic carbocycles. The van der Waals surface area contributed by atoms with Gasteiger partial charge in [-0.15, -0.1) is 0 Å². The van der Waals surface area contributed by atoms with E-state index in [1.54, 1.807) is 0 Å². The van der Waals surface area contributed by atoms with Crippen molar-refractivity contribution in [1.82, 2.24) is 0 Å². The van der Waals surface area contributed by atoms with E-state index in [9.17, 15) is 4.57 Å². The second kappa shape index (κ2) is 7.29. The maximum absolute atomic E-state index is 14.5. The fourth-order valence-electron chi connectivity index (χ4n) is 3.92. The first-order valence-corrected chi connectivity index (χ1v) is 11.2. The predicted octanol–water partition coefficient (Wildman–Crippen LogP) is 5.36. The topological polar surface area (TPSA) is 29.4 Å². The lowest BCUT2D eigenvalue weighted by atomic mass is 9.90. The zero-order valence-corrected chi connectivity index (χ0v) is 16.7. The number of aryl methyl sites for hydroxylation is 3. The van der Waals surface area contributed by atoms with Crippen LogP contribution in [0.15, 0.2) is 77.6 Å². The molecule has 0 spiro atoms. The zero-order valence-electron chi connectivity index (χ0n) is 15.9. The molecule has 136 valence electrons. The molecule has 0 heterocycles. The third kappa shape index (κ3) is 3.31.